The van der Waals surface area contributed by atoms with Crippen LogP contribution >= 0.6 is 0 Å². The first kappa shape index (κ1) is 47.6. The summed E-state index contributed by atoms with van der Waals surface area (Å²) >= 11 is 0. The number of anilines is 4. The molecular formula is C55H84N4O3. The zero-order valence-electron chi connectivity index (χ0n) is 38.8. The molecule has 0 aliphatic heterocycles. The van der Waals surface area contributed by atoms with Gasteiger partial charge in [-0.15, -0.1) is 0 Å². The van der Waals surface area contributed by atoms with E-state index >= 15 is 0 Å². The van der Waals surface area contributed by atoms with Crippen LogP contribution in [0.4, 0.5) is 22.7 Å². The van der Waals surface area contributed by atoms with E-state index < -0.39 is 0 Å². The van der Waals surface area contributed by atoms with Gasteiger partial charge in [0.2, 0.25) is 0 Å². The number of carbonyl (C=O) groups excluding carboxylic acids is 1. The van der Waals surface area contributed by atoms with Gasteiger partial charge in [0, 0.05) is 17.1 Å². The third-order valence-electron chi connectivity index (χ3n) is 15.6. The van der Waals surface area contributed by atoms with E-state index in [0.717, 1.165) is 54.1 Å². The van der Waals surface area contributed by atoms with E-state index in [9.17, 15) is 4.79 Å². The highest BCUT2D eigenvalue weighted by Crippen LogP contribution is 2.45. The first-order valence-electron chi connectivity index (χ1n) is 25.5. The molecule has 3 aromatic carbocycles. The summed E-state index contributed by atoms with van der Waals surface area (Å²) in [5.41, 5.74) is 27.5. The average molecular weight is 849 g/mol. The SMILES string of the molecule is CCCCCC1CCC(C2CCC(c3ccc(Oc4ccc(N)cc4N)cc3)CC2)CC1.CCCCCCCC1CCC(C2CCC(OC(=O)c3cc(N)cc(N)c3)CC2)CC1. The topological polar surface area (TPSA) is 140 Å². The lowest BCUT2D eigenvalue weighted by molar-refractivity contribution is 0.0109. The molecule has 4 saturated carbocycles. The Kier molecular flexibility index (Phi) is 19.1. The lowest BCUT2D eigenvalue weighted by Gasteiger charge is -2.38. The molecule has 7 rings (SSSR count). The van der Waals surface area contributed by atoms with Crippen molar-refractivity contribution >= 4 is 28.7 Å². The number of carbonyl (C=O) groups is 1. The summed E-state index contributed by atoms with van der Waals surface area (Å²) in [4.78, 5) is 12.4. The minimum atomic E-state index is -0.295. The molecule has 0 heterocycles. The van der Waals surface area contributed by atoms with Crippen molar-refractivity contribution in [3.05, 3.63) is 71.8 Å². The molecule has 0 saturated heterocycles. The molecule has 0 amide bonds. The lowest BCUT2D eigenvalue weighted by atomic mass is 9.68. The number of hydrogen-bond donors (Lipinski definition) is 4. The van der Waals surface area contributed by atoms with E-state index in [1.54, 1.807) is 24.3 Å². The molecule has 0 unspecified atom stereocenters. The van der Waals surface area contributed by atoms with Crippen LogP contribution in [0.5, 0.6) is 11.5 Å². The Labute approximate surface area is 376 Å². The van der Waals surface area contributed by atoms with Gasteiger partial charge in [0.05, 0.1) is 11.3 Å². The van der Waals surface area contributed by atoms with Gasteiger partial charge in [-0.1, -0.05) is 116 Å². The smallest absolute Gasteiger partial charge is 0.338 e. The number of unbranched alkanes of at least 4 members (excludes halogenated alkanes) is 6. The van der Waals surface area contributed by atoms with Crippen molar-refractivity contribution in [3.8, 4) is 11.5 Å². The predicted molar refractivity (Wildman–Crippen MR) is 261 cm³/mol. The molecule has 0 radical (unpaired) electrons. The summed E-state index contributed by atoms with van der Waals surface area (Å²) in [6.07, 6.45) is 35.8. The second-order valence-electron chi connectivity index (χ2n) is 20.2. The van der Waals surface area contributed by atoms with Gasteiger partial charge in [-0.3, -0.25) is 0 Å². The van der Waals surface area contributed by atoms with E-state index in [1.807, 2.05) is 12.1 Å². The maximum atomic E-state index is 12.4. The first-order chi connectivity index (χ1) is 30.2. The highest BCUT2D eigenvalue weighted by Gasteiger charge is 2.33. The van der Waals surface area contributed by atoms with Gasteiger partial charge in [0.1, 0.15) is 17.6 Å². The number of nitrogens with two attached hydrogens (primary N) is 4. The quantitative estimate of drug-likeness (QED) is 0.0602. The molecule has 0 bridgehead atoms. The molecule has 4 fully saturated rings. The molecule has 4 aliphatic rings. The van der Waals surface area contributed by atoms with Crippen molar-refractivity contribution in [2.45, 2.75) is 193 Å². The fourth-order valence-electron chi connectivity index (χ4n) is 11.8. The Hall–Kier alpha value is -3.87. The van der Waals surface area contributed by atoms with E-state index in [2.05, 4.69) is 38.1 Å². The van der Waals surface area contributed by atoms with Crippen LogP contribution in [0, 0.1) is 35.5 Å². The average Bonchev–Trinajstić information content (AvgIpc) is 3.28. The second-order valence-corrected chi connectivity index (χ2v) is 20.2. The molecule has 8 N–H and O–H groups in total. The summed E-state index contributed by atoms with van der Waals surface area (Å²) in [6.45, 7) is 4.60. The largest absolute Gasteiger partial charge is 0.459 e. The monoisotopic (exact) mass is 849 g/mol. The Bertz CT molecular complexity index is 1730. The van der Waals surface area contributed by atoms with Crippen LogP contribution in [0.3, 0.4) is 0 Å². The predicted octanol–water partition coefficient (Wildman–Crippen LogP) is 15.0. The summed E-state index contributed by atoms with van der Waals surface area (Å²) in [5.74, 6) is 7.59. The molecule has 62 heavy (non-hydrogen) atoms. The van der Waals surface area contributed by atoms with Crippen molar-refractivity contribution in [1.29, 1.82) is 0 Å². The van der Waals surface area contributed by atoms with Crippen LogP contribution in [-0.4, -0.2) is 12.1 Å². The van der Waals surface area contributed by atoms with Crippen LogP contribution < -0.4 is 27.7 Å². The fourth-order valence-corrected chi connectivity index (χ4v) is 11.8. The van der Waals surface area contributed by atoms with Crippen LogP contribution in [-0.2, 0) is 4.74 Å². The summed E-state index contributed by atoms with van der Waals surface area (Å²) < 4.78 is 11.7. The number of esters is 1. The van der Waals surface area contributed by atoms with E-state index in [4.69, 9.17) is 32.4 Å². The minimum Gasteiger partial charge on any atom is -0.459 e. The van der Waals surface area contributed by atoms with Gasteiger partial charge < -0.3 is 32.4 Å². The van der Waals surface area contributed by atoms with Gasteiger partial charge in [-0.05, 0) is 173 Å². The maximum absolute atomic E-state index is 12.4. The maximum Gasteiger partial charge on any atom is 0.338 e. The Morgan fingerprint density at radius 1 is 0.516 bits per heavy atom. The molecule has 0 atom stereocenters. The lowest BCUT2D eigenvalue weighted by Crippen LogP contribution is -2.29. The van der Waals surface area contributed by atoms with Gasteiger partial charge in [0.15, 0.2) is 0 Å². The molecule has 7 nitrogen and oxygen atoms in total. The third-order valence-corrected chi connectivity index (χ3v) is 15.6. The van der Waals surface area contributed by atoms with Gasteiger partial charge in [0.25, 0.3) is 0 Å². The molecule has 342 valence electrons. The van der Waals surface area contributed by atoms with Crippen molar-refractivity contribution in [3.63, 3.8) is 0 Å². The van der Waals surface area contributed by atoms with Crippen LogP contribution in [0.1, 0.15) is 203 Å². The van der Waals surface area contributed by atoms with Crippen molar-refractivity contribution in [1.82, 2.24) is 0 Å². The third kappa shape index (κ3) is 14.9. The highest BCUT2D eigenvalue weighted by atomic mass is 16.5. The summed E-state index contributed by atoms with van der Waals surface area (Å²) in [7, 11) is 0. The number of benzene rings is 3. The molecule has 0 spiro atoms. The van der Waals surface area contributed by atoms with Gasteiger partial charge >= 0.3 is 5.97 Å². The first-order valence-corrected chi connectivity index (χ1v) is 25.5. The Balaban J connectivity index is 0.000000207. The van der Waals surface area contributed by atoms with Crippen LogP contribution in [0.15, 0.2) is 60.7 Å². The van der Waals surface area contributed by atoms with Gasteiger partial charge in [-0.25, -0.2) is 4.79 Å². The number of hydrogen-bond acceptors (Lipinski definition) is 7. The zero-order valence-corrected chi connectivity index (χ0v) is 38.8. The van der Waals surface area contributed by atoms with E-state index in [1.165, 1.54) is 160 Å². The van der Waals surface area contributed by atoms with Crippen molar-refractivity contribution in [2.75, 3.05) is 22.9 Å². The molecule has 0 aromatic heterocycles. The van der Waals surface area contributed by atoms with Crippen LogP contribution in [0.25, 0.3) is 0 Å². The fraction of sp³-hybridized carbons (Fsp3) is 0.655. The van der Waals surface area contributed by atoms with Crippen LogP contribution in [0.2, 0.25) is 0 Å². The molecule has 4 aliphatic carbocycles. The number of nitrogen functional groups attached to an aromatic ring is 4. The number of ether oxygens (including phenoxy) is 2. The summed E-state index contributed by atoms with van der Waals surface area (Å²) in [6, 6.07) is 19.0. The minimum absolute atomic E-state index is 0.0378. The molecular weight excluding hydrogens is 765 g/mol. The second kappa shape index (κ2) is 24.8. The normalized spacial score (nSPS) is 26.5. The zero-order chi connectivity index (χ0) is 43.7. The Morgan fingerprint density at radius 2 is 1.00 bits per heavy atom. The standard InChI is InChI=1S/C29H42N2O.C26H42N2O2/c1-2-3-4-5-21-6-8-22(9-7-21)23-10-12-24(13-11-23)25-14-17-27(18-15-25)32-29-19-16-26(30)20-28(29)31;1-2-3-4-5-6-7-19-8-10-20(11-9-19)21-12-14-25(15-13-21)30-26(29)22-16-23(27)18-24(28)17-22/h14-24H,2-13,30-31H2,1H3;16-21,25H,2-15,27-28H2,1H3. The summed E-state index contributed by atoms with van der Waals surface area (Å²) in [5, 5.41) is 0. The van der Waals surface area contributed by atoms with E-state index in [-0.39, 0.29) is 12.1 Å². The highest BCUT2D eigenvalue weighted by molar-refractivity contribution is 5.91. The van der Waals surface area contributed by atoms with Gasteiger partial charge in [-0.2, -0.15) is 0 Å². The van der Waals surface area contributed by atoms with Crippen molar-refractivity contribution < 1.29 is 14.3 Å². The molecule has 7 heteroatoms. The van der Waals surface area contributed by atoms with E-state index in [0.29, 0.717) is 40.0 Å². The van der Waals surface area contributed by atoms with Crippen molar-refractivity contribution in [2.24, 2.45) is 35.5 Å². The molecule has 3 aromatic rings. The Morgan fingerprint density at radius 3 is 1.53 bits per heavy atom. The number of rotatable bonds is 17.